The van der Waals surface area contributed by atoms with E-state index in [1.54, 1.807) is 6.07 Å². The highest BCUT2D eigenvalue weighted by Gasteiger charge is 1.99. The number of unbranched alkanes of at least 4 members (excludes halogenated alkanes) is 1. The molecule has 0 spiro atoms. The molecular formula is C15H16O2. The smallest absolute Gasteiger partial charge is 0.335 e. The molecule has 0 amide bonds. The third-order valence-electron chi connectivity index (χ3n) is 2.81. The molecule has 2 heteroatoms. The second-order valence-corrected chi connectivity index (χ2v) is 4.14. The van der Waals surface area contributed by atoms with Crippen LogP contribution in [0.1, 0.15) is 25.3 Å². The molecule has 1 aromatic carbocycles. The molecule has 1 heterocycles. The van der Waals surface area contributed by atoms with Crippen LogP contribution in [0.3, 0.4) is 0 Å². The fourth-order valence-corrected chi connectivity index (χ4v) is 1.77. The van der Waals surface area contributed by atoms with E-state index in [-0.39, 0.29) is 5.63 Å². The summed E-state index contributed by atoms with van der Waals surface area (Å²) in [6.07, 6.45) is 5.06. The summed E-state index contributed by atoms with van der Waals surface area (Å²) in [5, 5.41) is 0. The van der Waals surface area contributed by atoms with Gasteiger partial charge in [0, 0.05) is 11.6 Å². The highest BCUT2D eigenvalue weighted by molar-refractivity contribution is 5.61. The third kappa shape index (κ3) is 3.06. The summed E-state index contributed by atoms with van der Waals surface area (Å²) in [5.41, 5.74) is 3.06. The first kappa shape index (κ1) is 11.6. The first-order chi connectivity index (χ1) is 8.29. The normalized spacial score (nSPS) is 10.4. The van der Waals surface area contributed by atoms with Gasteiger partial charge in [0.25, 0.3) is 0 Å². The van der Waals surface area contributed by atoms with Crippen LogP contribution in [0.5, 0.6) is 0 Å². The Kier molecular flexibility index (Phi) is 3.76. The summed E-state index contributed by atoms with van der Waals surface area (Å²) in [5.74, 6) is 0. The summed E-state index contributed by atoms with van der Waals surface area (Å²) in [6.45, 7) is 2.19. The summed E-state index contributed by atoms with van der Waals surface area (Å²) in [6, 6.07) is 11.6. The van der Waals surface area contributed by atoms with Gasteiger partial charge in [-0.25, -0.2) is 4.79 Å². The predicted octanol–water partition coefficient (Wildman–Crippen LogP) is 3.65. The molecule has 0 aliphatic carbocycles. The first-order valence-electron chi connectivity index (χ1n) is 5.98. The minimum Gasteiger partial charge on any atom is -0.431 e. The Morgan fingerprint density at radius 2 is 1.71 bits per heavy atom. The van der Waals surface area contributed by atoms with Crippen molar-refractivity contribution in [2.75, 3.05) is 0 Å². The fourth-order valence-electron chi connectivity index (χ4n) is 1.77. The van der Waals surface area contributed by atoms with Gasteiger partial charge in [0.05, 0.1) is 0 Å². The molecule has 0 unspecified atom stereocenters. The lowest BCUT2D eigenvalue weighted by atomic mass is 10.0. The summed E-state index contributed by atoms with van der Waals surface area (Å²) >= 11 is 0. The average molecular weight is 228 g/mol. The van der Waals surface area contributed by atoms with Crippen molar-refractivity contribution in [1.29, 1.82) is 0 Å². The van der Waals surface area contributed by atoms with Crippen LogP contribution in [-0.2, 0) is 6.42 Å². The molecule has 0 saturated heterocycles. The lowest BCUT2D eigenvalue weighted by molar-refractivity contribution is 0.512. The molecule has 17 heavy (non-hydrogen) atoms. The topological polar surface area (TPSA) is 30.2 Å². The van der Waals surface area contributed by atoms with Gasteiger partial charge in [0.2, 0.25) is 0 Å². The molecule has 2 rings (SSSR count). The van der Waals surface area contributed by atoms with E-state index in [2.05, 4.69) is 31.2 Å². The fraction of sp³-hybridized carbons (Fsp3) is 0.267. The van der Waals surface area contributed by atoms with E-state index in [1.165, 1.54) is 30.7 Å². The Morgan fingerprint density at radius 3 is 2.29 bits per heavy atom. The maximum atomic E-state index is 10.9. The third-order valence-corrected chi connectivity index (χ3v) is 2.81. The van der Waals surface area contributed by atoms with Crippen molar-refractivity contribution in [1.82, 2.24) is 0 Å². The van der Waals surface area contributed by atoms with Crippen molar-refractivity contribution in [2.24, 2.45) is 0 Å². The zero-order chi connectivity index (χ0) is 12.1. The van der Waals surface area contributed by atoms with E-state index in [0.717, 1.165) is 17.5 Å². The molecular weight excluding hydrogens is 212 g/mol. The summed E-state index contributed by atoms with van der Waals surface area (Å²) in [7, 11) is 0. The van der Waals surface area contributed by atoms with E-state index >= 15 is 0 Å². The highest BCUT2D eigenvalue weighted by Crippen LogP contribution is 2.19. The van der Waals surface area contributed by atoms with Gasteiger partial charge >= 0.3 is 5.63 Å². The van der Waals surface area contributed by atoms with Crippen molar-refractivity contribution >= 4 is 0 Å². The number of benzene rings is 1. The van der Waals surface area contributed by atoms with Crippen molar-refractivity contribution in [3.8, 4) is 11.1 Å². The lowest BCUT2D eigenvalue weighted by Gasteiger charge is -2.03. The second kappa shape index (κ2) is 5.48. The molecule has 0 N–H and O–H groups in total. The molecule has 0 aliphatic heterocycles. The van der Waals surface area contributed by atoms with Gasteiger partial charge in [0.15, 0.2) is 0 Å². The number of hydrogen-bond donors (Lipinski definition) is 0. The van der Waals surface area contributed by atoms with Gasteiger partial charge in [-0.15, -0.1) is 0 Å². The monoisotopic (exact) mass is 228 g/mol. The highest BCUT2D eigenvalue weighted by atomic mass is 16.4. The number of rotatable bonds is 4. The van der Waals surface area contributed by atoms with Gasteiger partial charge in [0.1, 0.15) is 6.26 Å². The molecule has 2 aromatic rings. The van der Waals surface area contributed by atoms with Crippen molar-refractivity contribution in [3.05, 3.63) is 58.6 Å². The van der Waals surface area contributed by atoms with Gasteiger partial charge in [-0.3, -0.25) is 0 Å². The van der Waals surface area contributed by atoms with Gasteiger partial charge in [-0.05, 0) is 30.0 Å². The SMILES string of the molecule is CCCCc1ccc(-c2ccc(=O)oc2)cc1. The zero-order valence-corrected chi connectivity index (χ0v) is 9.98. The van der Waals surface area contributed by atoms with Crippen LogP contribution in [0.15, 0.2) is 51.9 Å². The van der Waals surface area contributed by atoms with E-state index in [1.807, 2.05) is 0 Å². The Hall–Kier alpha value is -1.83. The van der Waals surface area contributed by atoms with Crippen molar-refractivity contribution in [3.63, 3.8) is 0 Å². The predicted molar refractivity (Wildman–Crippen MR) is 69.0 cm³/mol. The van der Waals surface area contributed by atoms with Crippen molar-refractivity contribution in [2.45, 2.75) is 26.2 Å². The maximum Gasteiger partial charge on any atom is 0.335 e. The van der Waals surface area contributed by atoms with Crippen LogP contribution in [0.2, 0.25) is 0 Å². The molecule has 0 saturated carbocycles. The Bertz CT molecular complexity index is 503. The van der Waals surface area contributed by atoms with E-state index in [9.17, 15) is 4.79 Å². The average Bonchev–Trinajstić information content (AvgIpc) is 2.38. The van der Waals surface area contributed by atoms with Gasteiger partial charge in [-0.2, -0.15) is 0 Å². The van der Waals surface area contributed by atoms with Gasteiger partial charge < -0.3 is 4.42 Å². The van der Waals surface area contributed by atoms with Crippen LogP contribution in [0, 0.1) is 0 Å². The Balaban J connectivity index is 2.17. The van der Waals surface area contributed by atoms with Crippen LogP contribution in [0.4, 0.5) is 0 Å². The molecule has 0 fully saturated rings. The summed E-state index contributed by atoms with van der Waals surface area (Å²) < 4.78 is 4.85. The largest absolute Gasteiger partial charge is 0.431 e. The minimum atomic E-state index is -0.312. The molecule has 0 bridgehead atoms. The molecule has 0 atom stereocenters. The standard InChI is InChI=1S/C15H16O2/c1-2-3-4-12-5-7-13(8-6-12)14-9-10-15(16)17-11-14/h5-11H,2-4H2,1H3. The first-order valence-corrected chi connectivity index (χ1v) is 5.98. The molecule has 88 valence electrons. The van der Waals surface area contributed by atoms with Crippen LogP contribution < -0.4 is 5.63 Å². The quantitative estimate of drug-likeness (QED) is 0.799. The molecule has 0 radical (unpaired) electrons. The number of aryl methyl sites for hydroxylation is 1. The second-order valence-electron chi connectivity index (χ2n) is 4.14. The minimum absolute atomic E-state index is 0.312. The zero-order valence-electron chi connectivity index (χ0n) is 9.98. The Morgan fingerprint density at radius 1 is 1.00 bits per heavy atom. The van der Waals surface area contributed by atoms with Crippen LogP contribution in [0.25, 0.3) is 11.1 Å². The molecule has 1 aromatic heterocycles. The van der Waals surface area contributed by atoms with E-state index < -0.39 is 0 Å². The Labute approximate surface area is 101 Å². The lowest BCUT2D eigenvalue weighted by Crippen LogP contribution is -1.93. The van der Waals surface area contributed by atoms with Crippen LogP contribution >= 0.6 is 0 Å². The van der Waals surface area contributed by atoms with Crippen molar-refractivity contribution < 1.29 is 4.42 Å². The number of hydrogen-bond acceptors (Lipinski definition) is 2. The molecule has 0 aliphatic rings. The van der Waals surface area contributed by atoms with E-state index in [4.69, 9.17) is 4.42 Å². The van der Waals surface area contributed by atoms with E-state index in [0.29, 0.717) is 0 Å². The summed E-state index contributed by atoms with van der Waals surface area (Å²) in [4.78, 5) is 10.9. The van der Waals surface area contributed by atoms with Gasteiger partial charge in [-0.1, -0.05) is 37.6 Å². The maximum absolute atomic E-state index is 10.9. The van der Waals surface area contributed by atoms with Crippen LogP contribution in [-0.4, -0.2) is 0 Å². The molecule has 2 nitrogen and oxygen atoms in total.